The highest BCUT2D eigenvalue weighted by molar-refractivity contribution is 5.93. The van der Waals surface area contributed by atoms with E-state index in [0.29, 0.717) is 11.5 Å². The van der Waals surface area contributed by atoms with Crippen molar-refractivity contribution in [3.63, 3.8) is 0 Å². The third-order valence-electron chi connectivity index (χ3n) is 4.50. The Kier molecular flexibility index (Phi) is 5.96. The SMILES string of the molecule is COC[C@H](c1ccccn1)N(C)C(=O)c1cnc(-c2ccc(C)cc2)[nH]c1=O. The minimum Gasteiger partial charge on any atom is -0.382 e. The number of methoxy groups -OCH3 is 1. The molecule has 3 aromatic rings. The third kappa shape index (κ3) is 4.15. The predicted octanol–water partition coefficient (Wildman–Crippen LogP) is 2.60. The highest BCUT2D eigenvalue weighted by atomic mass is 16.5. The van der Waals surface area contributed by atoms with Gasteiger partial charge in [-0.15, -0.1) is 0 Å². The molecular formula is C21H22N4O3. The summed E-state index contributed by atoms with van der Waals surface area (Å²) in [5.74, 6) is -0.0284. The number of hydrogen-bond acceptors (Lipinski definition) is 5. The molecule has 0 aliphatic carbocycles. The average molecular weight is 378 g/mol. The molecule has 7 nitrogen and oxygen atoms in total. The highest BCUT2D eigenvalue weighted by Gasteiger charge is 2.26. The van der Waals surface area contributed by atoms with Crippen LogP contribution in [-0.4, -0.2) is 46.5 Å². The number of aromatic amines is 1. The van der Waals surface area contributed by atoms with Crippen molar-refractivity contribution < 1.29 is 9.53 Å². The second-order valence-electron chi connectivity index (χ2n) is 6.48. The lowest BCUT2D eigenvalue weighted by molar-refractivity contribution is 0.0593. The molecule has 1 N–H and O–H groups in total. The van der Waals surface area contributed by atoms with Crippen LogP contribution in [0.2, 0.25) is 0 Å². The maximum absolute atomic E-state index is 12.9. The molecule has 144 valence electrons. The molecule has 3 rings (SSSR count). The van der Waals surface area contributed by atoms with E-state index in [1.807, 2.05) is 43.3 Å². The van der Waals surface area contributed by atoms with Crippen molar-refractivity contribution in [3.05, 3.63) is 82.0 Å². The summed E-state index contributed by atoms with van der Waals surface area (Å²) in [7, 11) is 3.17. The third-order valence-corrected chi connectivity index (χ3v) is 4.50. The number of likely N-dealkylation sites (N-methyl/N-ethyl adjacent to an activating group) is 1. The standard InChI is InChI=1S/C21H22N4O3/c1-14-7-9-15(10-8-14)19-23-12-16(20(26)24-19)21(27)25(2)18(13-28-3)17-6-4-5-11-22-17/h4-12,18H,13H2,1-3H3,(H,23,24,26)/t18-/m1/s1. The van der Waals surface area contributed by atoms with Crippen molar-refractivity contribution in [2.45, 2.75) is 13.0 Å². The van der Waals surface area contributed by atoms with Gasteiger partial charge in [-0.05, 0) is 19.1 Å². The molecule has 0 aliphatic rings. The van der Waals surface area contributed by atoms with Gasteiger partial charge in [-0.25, -0.2) is 4.98 Å². The molecule has 0 fully saturated rings. The Hall–Kier alpha value is -3.32. The first-order valence-corrected chi connectivity index (χ1v) is 8.84. The van der Waals surface area contributed by atoms with Gasteiger partial charge in [0.1, 0.15) is 11.4 Å². The Balaban J connectivity index is 1.88. The van der Waals surface area contributed by atoms with E-state index in [1.165, 1.54) is 11.1 Å². The topological polar surface area (TPSA) is 88.2 Å². The number of benzene rings is 1. The summed E-state index contributed by atoms with van der Waals surface area (Å²) in [5.41, 5.74) is 2.05. The van der Waals surface area contributed by atoms with E-state index in [4.69, 9.17) is 4.74 Å². The number of hydrogen-bond donors (Lipinski definition) is 1. The molecule has 0 spiro atoms. The van der Waals surface area contributed by atoms with E-state index in [2.05, 4.69) is 15.0 Å². The number of aryl methyl sites for hydroxylation is 1. The molecule has 1 atom stereocenters. The molecule has 0 saturated heterocycles. The second kappa shape index (κ2) is 8.58. The molecule has 28 heavy (non-hydrogen) atoms. The van der Waals surface area contributed by atoms with Gasteiger partial charge < -0.3 is 14.6 Å². The second-order valence-corrected chi connectivity index (χ2v) is 6.48. The van der Waals surface area contributed by atoms with Gasteiger partial charge in [0.15, 0.2) is 0 Å². The number of amides is 1. The Morgan fingerprint density at radius 3 is 2.54 bits per heavy atom. The summed E-state index contributed by atoms with van der Waals surface area (Å²) < 4.78 is 5.25. The lowest BCUT2D eigenvalue weighted by atomic mass is 10.1. The number of aromatic nitrogens is 3. The molecule has 0 bridgehead atoms. The number of carbonyl (C=O) groups is 1. The molecule has 0 unspecified atom stereocenters. The maximum Gasteiger partial charge on any atom is 0.264 e. The van der Waals surface area contributed by atoms with Crippen molar-refractivity contribution in [3.8, 4) is 11.4 Å². The van der Waals surface area contributed by atoms with Gasteiger partial charge in [-0.3, -0.25) is 14.6 Å². The van der Waals surface area contributed by atoms with Crippen molar-refractivity contribution in [2.75, 3.05) is 20.8 Å². The molecule has 0 saturated carbocycles. The van der Waals surface area contributed by atoms with E-state index in [9.17, 15) is 9.59 Å². The van der Waals surface area contributed by atoms with Crippen molar-refractivity contribution >= 4 is 5.91 Å². The Bertz CT molecular complexity index is 1000. The maximum atomic E-state index is 12.9. The van der Waals surface area contributed by atoms with Gasteiger partial charge >= 0.3 is 0 Å². The smallest absolute Gasteiger partial charge is 0.264 e. The first-order chi connectivity index (χ1) is 13.5. The van der Waals surface area contributed by atoms with Crippen LogP contribution >= 0.6 is 0 Å². The van der Waals surface area contributed by atoms with E-state index in [-0.39, 0.29) is 12.2 Å². The van der Waals surface area contributed by atoms with Gasteiger partial charge in [0.2, 0.25) is 0 Å². The summed E-state index contributed by atoms with van der Waals surface area (Å²) in [4.78, 5) is 38.2. The van der Waals surface area contributed by atoms with Gasteiger partial charge in [0.25, 0.3) is 11.5 Å². The van der Waals surface area contributed by atoms with Crippen LogP contribution < -0.4 is 5.56 Å². The van der Waals surface area contributed by atoms with Crippen molar-refractivity contribution in [1.29, 1.82) is 0 Å². The average Bonchev–Trinajstić information content (AvgIpc) is 2.72. The fraction of sp³-hybridized carbons (Fsp3) is 0.238. The van der Waals surface area contributed by atoms with Gasteiger partial charge in [-0.2, -0.15) is 0 Å². The van der Waals surface area contributed by atoms with E-state index < -0.39 is 17.5 Å². The minimum absolute atomic E-state index is 0.0320. The summed E-state index contributed by atoms with van der Waals surface area (Å²) in [5, 5.41) is 0. The first-order valence-electron chi connectivity index (χ1n) is 8.84. The Labute approximate surface area is 163 Å². The minimum atomic E-state index is -0.486. The summed E-state index contributed by atoms with van der Waals surface area (Å²) in [6.07, 6.45) is 2.97. The summed E-state index contributed by atoms with van der Waals surface area (Å²) in [6.45, 7) is 2.24. The predicted molar refractivity (Wildman–Crippen MR) is 106 cm³/mol. The lowest BCUT2D eigenvalue weighted by Crippen LogP contribution is -2.37. The van der Waals surface area contributed by atoms with Crippen LogP contribution in [0, 0.1) is 6.92 Å². The van der Waals surface area contributed by atoms with E-state index in [1.54, 1.807) is 26.4 Å². The molecule has 1 aromatic carbocycles. The van der Waals surface area contributed by atoms with Gasteiger partial charge in [0, 0.05) is 32.1 Å². The highest BCUT2D eigenvalue weighted by Crippen LogP contribution is 2.19. The van der Waals surface area contributed by atoms with Crippen LogP contribution in [0.25, 0.3) is 11.4 Å². The number of carbonyl (C=O) groups excluding carboxylic acids is 1. The fourth-order valence-electron chi connectivity index (χ4n) is 2.86. The van der Waals surface area contributed by atoms with E-state index in [0.717, 1.165) is 11.1 Å². The van der Waals surface area contributed by atoms with Crippen LogP contribution in [0.15, 0.2) is 59.7 Å². The number of H-pyrrole nitrogens is 1. The lowest BCUT2D eigenvalue weighted by Gasteiger charge is -2.27. The molecule has 0 aliphatic heterocycles. The van der Waals surface area contributed by atoms with Crippen LogP contribution in [0.3, 0.4) is 0 Å². The Morgan fingerprint density at radius 2 is 1.93 bits per heavy atom. The molecule has 2 aromatic heterocycles. The zero-order valence-corrected chi connectivity index (χ0v) is 16.0. The normalized spacial score (nSPS) is 11.8. The first kappa shape index (κ1) is 19.4. The van der Waals surface area contributed by atoms with Crippen LogP contribution in [0.1, 0.15) is 27.7 Å². The van der Waals surface area contributed by atoms with Crippen molar-refractivity contribution in [2.24, 2.45) is 0 Å². The number of pyridine rings is 1. The van der Waals surface area contributed by atoms with Gasteiger partial charge in [0.05, 0.1) is 18.3 Å². The summed E-state index contributed by atoms with van der Waals surface area (Å²) in [6, 6.07) is 12.6. The quantitative estimate of drug-likeness (QED) is 0.712. The van der Waals surface area contributed by atoms with Gasteiger partial charge in [-0.1, -0.05) is 35.9 Å². The molecule has 2 heterocycles. The molecule has 7 heteroatoms. The number of nitrogens with one attached hydrogen (secondary N) is 1. The van der Waals surface area contributed by atoms with E-state index >= 15 is 0 Å². The molecule has 1 amide bonds. The molecule has 0 radical (unpaired) electrons. The zero-order chi connectivity index (χ0) is 20.1. The fourth-order valence-corrected chi connectivity index (χ4v) is 2.86. The summed E-state index contributed by atoms with van der Waals surface area (Å²) >= 11 is 0. The van der Waals surface area contributed by atoms with Crippen LogP contribution in [0.4, 0.5) is 0 Å². The van der Waals surface area contributed by atoms with Crippen molar-refractivity contribution in [1.82, 2.24) is 19.9 Å². The monoisotopic (exact) mass is 378 g/mol. The largest absolute Gasteiger partial charge is 0.382 e. The molecular weight excluding hydrogens is 356 g/mol. The number of rotatable bonds is 6. The van der Waals surface area contributed by atoms with Crippen LogP contribution in [0.5, 0.6) is 0 Å². The number of nitrogens with zero attached hydrogens (tertiary/aromatic N) is 3. The Morgan fingerprint density at radius 1 is 1.18 bits per heavy atom. The van der Waals surface area contributed by atoms with Crippen LogP contribution in [-0.2, 0) is 4.74 Å². The number of ether oxygens (including phenoxy) is 1. The zero-order valence-electron chi connectivity index (χ0n) is 16.0.